The fourth-order valence-electron chi connectivity index (χ4n) is 2.21. The summed E-state index contributed by atoms with van der Waals surface area (Å²) in [5.41, 5.74) is 4.84. The summed E-state index contributed by atoms with van der Waals surface area (Å²) in [4.78, 5) is 11.8. The topological polar surface area (TPSA) is 38.3 Å². The Bertz CT molecular complexity index is 668. The second-order valence-electron chi connectivity index (χ2n) is 5.87. The lowest BCUT2D eigenvalue weighted by molar-refractivity contribution is -0.122. The van der Waals surface area contributed by atoms with E-state index in [0.717, 1.165) is 22.8 Å². The molecule has 4 heteroatoms. The van der Waals surface area contributed by atoms with E-state index in [1.165, 1.54) is 16.7 Å². The minimum absolute atomic E-state index is 0.0624. The maximum Gasteiger partial charge on any atom is 0.257 e. The van der Waals surface area contributed by atoms with Crippen LogP contribution in [0.1, 0.15) is 22.3 Å². The molecular formula is C20H25NO2S. The Morgan fingerprint density at radius 3 is 2.58 bits per heavy atom. The number of amides is 1. The largest absolute Gasteiger partial charge is 0.483 e. The minimum Gasteiger partial charge on any atom is -0.483 e. The van der Waals surface area contributed by atoms with Gasteiger partial charge in [-0.25, -0.2) is 0 Å². The molecule has 0 aliphatic carbocycles. The molecule has 0 unspecified atom stereocenters. The van der Waals surface area contributed by atoms with Crippen molar-refractivity contribution < 1.29 is 9.53 Å². The molecule has 2 rings (SSSR count). The number of rotatable bonds is 8. The molecule has 0 aliphatic rings. The third-order valence-corrected chi connectivity index (χ3v) is 4.90. The monoisotopic (exact) mass is 343 g/mol. The first-order chi connectivity index (χ1) is 11.6. The lowest BCUT2D eigenvalue weighted by atomic mass is 10.1. The molecule has 0 atom stereocenters. The molecule has 2 aromatic carbocycles. The van der Waals surface area contributed by atoms with Crippen molar-refractivity contribution in [2.75, 3.05) is 18.9 Å². The second kappa shape index (κ2) is 9.38. The van der Waals surface area contributed by atoms with Crippen LogP contribution in [-0.2, 0) is 10.5 Å². The summed E-state index contributed by atoms with van der Waals surface area (Å²) >= 11 is 1.82. The van der Waals surface area contributed by atoms with E-state index in [2.05, 4.69) is 36.5 Å². The SMILES string of the molecule is Cc1ccc(CSCCNC(=O)COc2cccc(C)c2C)cc1. The lowest BCUT2D eigenvalue weighted by Crippen LogP contribution is -2.30. The van der Waals surface area contributed by atoms with Crippen LogP contribution in [0.25, 0.3) is 0 Å². The van der Waals surface area contributed by atoms with Crippen molar-refractivity contribution in [2.24, 2.45) is 0 Å². The van der Waals surface area contributed by atoms with Gasteiger partial charge in [0.25, 0.3) is 5.91 Å². The number of carbonyl (C=O) groups is 1. The quantitative estimate of drug-likeness (QED) is 0.735. The molecule has 1 N–H and O–H groups in total. The van der Waals surface area contributed by atoms with Crippen LogP contribution in [0.2, 0.25) is 0 Å². The van der Waals surface area contributed by atoms with Gasteiger partial charge in [-0.3, -0.25) is 4.79 Å². The van der Waals surface area contributed by atoms with Crippen molar-refractivity contribution in [3.63, 3.8) is 0 Å². The van der Waals surface area contributed by atoms with Gasteiger partial charge in [0.15, 0.2) is 6.61 Å². The van der Waals surface area contributed by atoms with Crippen molar-refractivity contribution in [1.29, 1.82) is 0 Å². The van der Waals surface area contributed by atoms with Gasteiger partial charge in [-0.2, -0.15) is 11.8 Å². The number of thioether (sulfide) groups is 1. The van der Waals surface area contributed by atoms with E-state index in [4.69, 9.17) is 4.74 Å². The van der Waals surface area contributed by atoms with Crippen LogP contribution in [0, 0.1) is 20.8 Å². The molecule has 0 spiro atoms. The maximum atomic E-state index is 11.8. The molecule has 0 aromatic heterocycles. The van der Waals surface area contributed by atoms with Gasteiger partial charge >= 0.3 is 0 Å². The molecule has 2 aromatic rings. The molecular weight excluding hydrogens is 318 g/mol. The first-order valence-electron chi connectivity index (χ1n) is 8.15. The Morgan fingerprint density at radius 2 is 1.83 bits per heavy atom. The molecule has 0 aliphatic heterocycles. The van der Waals surface area contributed by atoms with Gasteiger partial charge in [0.2, 0.25) is 0 Å². The number of hydrogen-bond donors (Lipinski definition) is 1. The van der Waals surface area contributed by atoms with Crippen LogP contribution in [0.3, 0.4) is 0 Å². The smallest absolute Gasteiger partial charge is 0.257 e. The van der Waals surface area contributed by atoms with E-state index >= 15 is 0 Å². The van der Waals surface area contributed by atoms with E-state index < -0.39 is 0 Å². The van der Waals surface area contributed by atoms with Crippen LogP contribution in [0.5, 0.6) is 5.75 Å². The normalized spacial score (nSPS) is 10.5. The van der Waals surface area contributed by atoms with Gasteiger partial charge in [0.05, 0.1) is 0 Å². The van der Waals surface area contributed by atoms with Crippen LogP contribution in [0.4, 0.5) is 0 Å². The average Bonchev–Trinajstić information content (AvgIpc) is 2.57. The highest BCUT2D eigenvalue weighted by Gasteiger charge is 2.05. The zero-order chi connectivity index (χ0) is 17.4. The Labute approximate surface area is 148 Å². The number of benzene rings is 2. The Morgan fingerprint density at radius 1 is 1.08 bits per heavy atom. The van der Waals surface area contributed by atoms with E-state index in [9.17, 15) is 4.79 Å². The zero-order valence-corrected chi connectivity index (χ0v) is 15.4. The van der Waals surface area contributed by atoms with Crippen molar-refractivity contribution in [3.05, 3.63) is 64.7 Å². The minimum atomic E-state index is -0.0770. The Balaban J connectivity index is 1.61. The Hall–Kier alpha value is -1.94. The van der Waals surface area contributed by atoms with E-state index in [1.54, 1.807) is 0 Å². The van der Waals surface area contributed by atoms with Crippen molar-refractivity contribution in [2.45, 2.75) is 26.5 Å². The van der Waals surface area contributed by atoms with Gasteiger partial charge in [-0.1, -0.05) is 42.0 Å². The molecule has 24 heavy (non-hydrogen) atoms. The van der Waals surface area contributed by atoms with E-state index in [0.29, 0.717) is 6.54 Å². The number of aryl methyl sites for hydroxylation is 2. The molecule has 0 radical (unpaired) electrons. The fourth-order valence-corrected chi connectivity index (χ4v) is 3.03. The van der Waals surface area contributed by atoms with Crippen LogP contribution >= 0.6 is 11.8 Å². The summed E-state index contributed by atoms with van der Waals surface area (Å²) < 4.78 is 5.60. The summed E-state index contributed by atoms with van der Waals surface area (Å²) in [6.07, 6.45) is 0. The maximum absolute atomic E-state index is 11.8. The molecule has 0 saturated carbocycles. The van der Waals surface area contributed by atoms with Gasteiger partial charge in [-0.05, 0) is 43.5 Å². The van der Waals surface area contributed by atoms with Gasteiger partial charge in [-0.15, -0.1) is 0 Å². The number of nitrogens with one attached hydrogen (secondary N) is 1. The van der Waals surface area contributed by atoms with Gasteiger partial charge in [0, 0.05) is 18.1 Å². The summed E-state index contributed by atoms with van der Waals surface area (Å²) in [7, 11) is 0. The molecule has 0 saturated heterocycles. The van der Waals surface area contributed by atoms with Crippen LogP contribution < -0.4 is 10.1 Å². The number of ether oxygens (including phenoxy) is 1. The van der Waals surface area contributed by atoms with Gasteiger partial charge < -0.3 is 10.1 Å². The third-order valence-electron chi connectivity index (χ3n) is 3.87. The number of hydrogen-bond acceptors (Lipinski definition) is 3. The van der Waals surface area contributed by atoms with E-state index in [1.807, 2.05) is 43.8 Å². The van der Waals surface area contributed by atoms with Crippen molar-refractivity contribution in [3.8, 4) is 5.75 Å². The molecule has 128 valence electrons. The predicted molar refractivity (Wildman–Crippen MR) is 102 cm³/mol. The van der Waals surface area contributed by atoms with Crippen molar-refractivity contribution >= 4 is 17.7 Å². The molecule has 3 nitrogen and oxygen atoms in total. The lowest BCUT2D eigenvalue weighted by Gasteiger charge is -2.11. The predicted octanol–water partition coefficient (Wildman–Crippen LogP) is 4.04. The second-order valence-corrected chi connectivity index (χ2v) is 6.98. The van der Waals surface area contributed by atoms with Crippen molar-refractivity contribution in [1.82, 2.24) is 5.32 Å². The first kappa shape index (κ1) is 18.4. The molecule has 0 fully saturated rings. The first-order valence-corrected chi connectivity index (χ1v) is 9.31. The molecule has 1 amide bonds. The summed E-state index contributed by atoms with van der Waals surface area (Å²) in [5, 5.41) is 2.90. The Kier molecular flexibility index (Phi) is 7.19. The summed E-state index contributed by atoms with van der Waals surface area (Å²) in [6.45, 7) is 6.85. The highest BCUT2D eigenvalue weighted by molar-refractivity contribution is 7.98. The van der Waals surface area contributed by atoms with Gasteiger partial charge in [0.1, 0.15) is 5.75 Å². The average molecular weight is 343 g/mol. The van der Waals surface area contributed by atoms with Crippen LogP contribution in [-0.4, -0.2) is 24.8 Å². The van der Waals surface area contributed by atoms with E-state index in [-0.39, 0.29) is 12.5 Å². The summed E-state index contributed by atoms with van der Waals surface area (Å²) in [5.74, 6) is 2.56. The fraction of sp³-hybridized carbons (Fsp3) is 0.350. The molecule has 0 bridgehead atoms. The standard InChI is InChI=1S/C20H25NO2S/c1-15-7-9-18(10-8-15)14-24-12-11-21-20(22)13-23-19-6-4-5-16(2)17(19)3/h4-10H,11-14H2,1-3H3,(H,21,22). The van der Waals surface area contributed by atoms with Crippen LogP contribution in [0.15, 0.2) is 42.5 Å². The highest BCUT2D eigenvalue weighted by atomic mass is 32.2. The number of carbonyl (C=O) groups excluding carboxylic acids is 1. The summed E-state index contributed by atoms with van der Waals surface area (Å²) in [6, 6.07) is 14.4. The zero-order valence-electron chi connectivity index (χ0n) is 14.6. The highest BCUT2D eigenvalue weighted by Crippen LogP contribution is 2.20. The third kappa shape index (κ3) is 5.93. The molecule has 0 heterocycles.